The number of rotatable bonds is 12. The molecule has 4 rings (SSSR count). The van der Waals surface area contributed by atoms with Crippen molar-refractivity contribution >= 4 is 39.3 Å². The summed E-state index contributed by atoms with van der Waals surface area (Å²) in [6.07, 6.45) is 2.79. The minimum absolute atomic E-state index is 0.0101. The molecule has 0 radical (unpaired) electrons. The Bertz CT molecular complexity index is 991. The van der Waals surface area contributed by atoms with Gasteiger partial charge >= 0.3 is 0 Å². The molecule has 3 saturated heterocycles. The highest BCUT2D eigenvalue weighted by Gasteiger charge is 2.76. The summed E-state index contributed by atoms with van der Waals surface area (Å²) in [4.78, 5) is 42.6. The fourth-order valence-electron chi connectivity index (χ4n) is 6.22. The molecule has 1 aromatic rings. The van der Waals surface area contributed by atoms with E-state index < -0.39 is 29.6 Å². The lowest BCUT2D eigenvalue weighted by Gasteiger charge is -2.34. The first-order valence-corrected chi connectivity index (χ1v) is 14.3. The number of halogens is 1. The van der Waals surface area contributed by atoms with Crippen molar-refractivity contribution in [1.29, 1.82) is 0 Å². The van der Waals surface area contributed by atoms with Gasteiger partial charge < -0.3 is 30.1 Å². The maximum Gasteiger partial charge on any atom is 0.246 e. The molecule has 37 heavy (non-hydrogen) atoms. The van der Waals surface area contributed by atoms with Crippen molar-refractivity contribution in [1.82, 2.24) is 10.2 Å². The number of carbonyl (C=O) groups is 3. The fraction of sp³-hybridized carbons (Fsp3) is 0.667. The summed E-state index contributed by atoms with van der Waals surface area (Å²) in [5.41, 5.74) is -0.476. The summed E-state index contributed by atoms with van der Waals surface area (Å²) in [5.74, 6) is -1.54. The van der Waals surface area contributed by atoms with Crippen LogP contribution in [0.1, 0.15) is 52.9 Å². The average Bonchev–Trinajstić information content (AvgIpc) is 3.44. The quantitative estimate of drug-likeness (QED) is 0.259. The van der Waals surface area contributed by atoms with Gasteiger partial charge in [-0.25, -0.2) is 0 Å². The van der Waals surface area contributed by atoms with Gasteiger partial charge in [0.2, 0.25) is 17.7 Å². The zero-order valence-corrected chi connectivity index (χ0v) is 23.3. The lowest BCUT2D eigenvalue weighted by Crippen LogP contribution is -2.57. The molecule has 9 nitrogen and oxygen atoms in total. The molecule has 4 unspecified atom stereocenters. The van der Waals surface area contributed by atoms with Gasteiger partial charge in [-0.2, -0.15) is 0 Å². The number of aliphatic hydroxyl groups excluding tert-OH is 1. The molecule has 7 atom stereocenters. The smallest absolute Gasteiger partial charge is 0.246 e. The Morgan fingerprint density at radius 3 is 2.62 bits per heavy atom. The highest BCUT2D eigenvalue weighted by Crippen LogP contribution is 2.60. The van der Waals surface area contributed by atoms with E-state index >= 15 is 0 Å². The number of unbranched alkanes of at least 4 members (excludes halogenated alkanes) is 1. The number of anilines is 1. The van der Waals surface area contributed by atoms with E-state index in [1.807, 2.05) is 13.8 Å². The van der Waals surface area contributed by atoms with Crippen molar-refractivity contribution in [2.45, 2.75) is 81.5 Å². The highest BCUT2D eigenvalue weighted by atomic mass is 79.9. The molecular formula is C27H38BrN3O6. The SMILES string of the molecule is CCCC(C)NC(=O)C1N(CCCCO)C(=O)[C@@H]2[C@@H](C(=O)Nc3ccc(OCC)cc3)[C@@H]3OC12CC3Br. The van der Waals surface area contributed by atoms with Crippen LogP contribution >= 0.6 is 15.9 Å². The molecule has 1 spiro atoms. The molecule has 3 aliphatic rings. The number of aliphatic hydroxyl groups is 1. The van der Waals surface area contributed by atoms with Gasteiger partial charge in [-0.3, -0.25) is 14.4 Å². The predicted octanol–water partition coefficient (Wildman–Crippen LogP) is 2.85. The fourth-order valence-corrected chi connectivity index (χ4v) is 7.16. The molecule has 3 heterocycles. The van der Waals surface area contributed by atoms with Gasteiger partial charge in [-0.1, -0.05) is 29.3 Å². The van der Waals surface area contributed by atoms with Crippen LogP contribution in [0.4, 0.5) is 5.69 Å². The van der Waals surface area contributed by atoms with E-state index in [-0.39, 0.29) is 35.2 Å². The van der Waals surface area contributed by atoms with Crippen LogP contribution in [-0.4, -0.2) is 76.1 Å². The Hall–Kier alpha value is -2.17. The van der Waals surface area contributed by atoms with Crippen molar-refractivity contribution in [2.24, 2.45) is 11.8 Å². The van der Waals surface area contributed by atoms with Crippen LogP contribution in [0.5, 0.6) is 5.75 Å². The average molecular weight is 581 g/mol. The lowest BCUT2D eigenvalue weighted by atomic mass is 9.70. The van der Waals surface area contributed by atoms with Crippen LogP contribution in [0.2, 0.25) is 0 Å². The highest BCUT2D eigenvalue weighted by molar-refractivity contribution is 9.09. The van der Waals surface area contributed by atoms with Gasteiger partial charge in [-0.15, -0.1) is 0 Å². The van der Waals surface area contributed by atoms with Crippen LogP contribution in [0.25, 0.3) is 0 Å². The van der Waals surface area contributed by atoms with E-state index in [4.69, 9.17) is 9.47 Å². The van der Waals surface area contributed by atoms with Crippen molar-refractivity contribution in [3.63, 3.8) is 0 Å². The van der Waals surface area contributed by atoms with Crippen molar-refractivity contribution < 1.29 is 29.0 Å². The Labute approximate surface area is 226 Å². The largest absolute Gasteiger partial charge is 0.494 e. The van der Waals surface area contributed by atoms with E-state index in [9.17, 15) is 19.5 Å². The maximum absolute atomic E-state index is 13.9. The standard InChI is InChI=1S/C27H38BrN3O6/c1-4-8-16(3)29-25(34)23-27-15-19(28)22(37-27)20(21(27)26(35)31(23)13-6-7-14-32)24(33)30-17-9-11-18(12-10-17)36-5-2/h9-12,16,19-23,32H,4-8,13-15H2,1-3H3,(H,29,34)(H,30,33)/t16?,19?,20-,21+,22-,23?,27?/m1/s1. The first-order valence-electron chi connectivity index (χ1n) is 13.3. The van der Waals surface area contributed by atoms with Crippen LogP contribution in [-0.2, 0) is 19.1 Å². The second-order valence-electron chi connectivity index (χ2n) is 10.3. The summed E-state index contributed by atoms with van der Waals surface area (Å²) in [7, 11) is 0. The summed E-state index contributed by atoms with van der Waals surface area (Å²) in [6.45, 7) is 6.80. The maximum atomic E-state index is 13.9. The minimum atomic E-state index is -1.08. The van der Waals surface area contributed by atoms with Gasteiger partial charge in [-0.05, 0) is 63.8 Å². The van der Waals surface area contributed by atoms with Gasteiger partial charge in [0, 0.05) is 29.7 Å². The van der Waals surface area contributed by atoms with Gasteiger partial charge in [0.25, 0.3) is 0 Å². The number of hydrogen-bond donors (Lipinski definition) is 3. The Morgan fingerprint density at radius 1 is 1.24 bits per heavy atom. The van der Waals surface area contributed by atoms with Crippen molar-refractivity contribution in [3.8, 4) is 5.75 Å². The van der Waals surface area contributed by atoms with E-state index in [0.29, 0.717) is 43.9 Å². The molecule has 2 bridgehead atoms. The zero-order chi connectivity index (χ0) is 26.7. The number of benzene rings is 1. The number of carbonyl (C=O) groups excluding carboxylic acids is 3. The van der Waals surface area contributed by atoms with E-state index in [1.165, 1.54) is 0 Å². The molecule has 0 saturated carbocycles. The number of nitrogens with one attached hydrogen (secondary N) is 2. The second kappa shape index (κ2) is 11.7. The normalized spacial score (nSPS) is 30.8. The molecule has 3 fully saturated rings. The van der Waals surface area contributed by atoms with Gasteiger partial charge in [0.1, 0.15) is 17.4 Å². The first kappa shape index (κ1) is 27.9. The molecule has 10 heteroatoms. The summed E-state index contributed by atoms with van der Waals surface area (Å²) in [5, 5.41) is 15.3. The Morgan fingerprint density at radius 2 is 1.97 bits per heavy atom. The Kier molecular flexibility index (Phi) is 8.81. The van der Waals surface area contributed by atoms with E-state index in [1.54, 1.807) is 29.2 Å². The number of likely N-dealkylation sites (tertiary alicyclic amines) is 1. The van der Waals surface area contributed by atoms with Gasteiger partial charge in [0.05, 0.1) is 24.5 Å². The van der Waals surface area contributed by atoms with Crippen LogP contribution in [0.3, 0.4) is 0 Å². The third-order valence-electron chi connectivity index (χ3n) is 7.69. The molecule has 3 N–H and O–H groups in total. The second-order valence-corrected chi connectivity index (χ2v) is 11.4. The number of alkyl halides is 1. The molecule has 0 aromatic heterocycles. The molecule has 204 valence electrons. The minimum Gasteiger partial charge on any atom is -0.494 e. The topological polar surface area (TPSA) is 117 Å². The van der Waals surface area contributed by atoms with Gasteiger partial charge in [0.15, 0.2) is 0 Å². The number of hydrogen-bond acceptors (Lipinski definition) is 6. The monoisotopic (exact) mass is 579 g/mol. The third-order valence-corrected chi connectivity index (χ3v) is 8.54. The molecule has 0 aliphatic carbocycles. The van der Waals surface area contributed by atoms with Crippen molar-refractivity contribution in [3.05, 3.63) is 24.3 Å². The van der Waals surface area contributed by atoms with E-state index in [2.05, 4.69) is 33.5 Å². The number of fused-ring (bicyclic) bond motifs is 1. The predicted molar refractivity (Wildman–Crippen MR) is 142 cm³/mol. The van der Waals surface area contributed by atoms with Crippen LogP contribution < -0.4 is 15.4 Å². The summed E-state index contributed by atoms with van der Waals surface area (Å²) < 4.78 is 12.0. The summed E-state index contributed by atoms with van der Waals surface area (Å²) in [6, 6.07) is 6.23. The third kappa shape index (κ3) is 5.25. The number of nitrogens with zero attached hydrogens (tertiary/aromatic N) is 1. The number of ether oxygens (including phenoxy) is 2. The molecule has 1 aromatic carbocycles. The molecule has 3 amide bonds. The summed E-state index contributed by atoms with van der Waals surface area (Å²) >= 11 is 3.69. The van der Waals surface area contributed by atoms with Crippen molar-refractivity contribution in [2.75, 3.05) is 25.1 Å². The Balaban J connectivity index is 1.61. The van der Waals surface area contributed by atoms with Crippen LogP contribution in [0.15, 0.2) is 24.3 Å². The first-order chi connectivity index (χ1) is 17.8. The lowest BCUT2D eigenvalue weighted by molar-refractivity contribution is -0.141. The van der Waals surface area contributed by atoms with Crippen LogP contribution in [0, 0.1) is 11.8 Å². The molecule has 3 aliphatic heterocycles. The zero-order valence-electron chi connectivity index (χ0n) is 21.7. The van der Waals surface area contributed by atoms with E-state index in [0.717, 1.165) is 12.8 Å². The number of amides is 3. The molecular weight excluding hydrogens is 542 g/mol.